The number of aromatic nitrogens is 1. The van der Waals surface area contributed by atoms with Crippen LogP contribution < -0.4 is 21.5 Å². The number of rotatable bonds is 10. The lowest BCUT2D eigenvalue weighted by Crippen LogP contribution is -2.43. The summed E-state index contributed by atoms with van der Waals surface area (Å²) in [5.74, 6) is -1.57. The average Bonchev–Trinajstić information content (AvgIpc) is 3.57. The number of primary amides is 1. The summed E-state index contributed by atoms with van der Waals surface area (Å²) in [5, 5.41) is 2.84. The molecule has 0 bridgehead atoms. The maximum Gasteiger partial charge on any atom is 0.270 e. The van der Waals surface area contributed by atoms with Crippen LogP contribution in [0.15, 0.2) is 71.3 Å². The number of nitrogens with zero attached hydrogens (tertiary/aromatic N) is 2. The quantitative estimate of drug-likeness (QED) is 0.281. The van der Waals surface area contributed by atoms with Gasteiger partial charge in [-0.15, -0.1) is 0 Å². The number of halogens is 1. The number of carbonyl (C=O) groups excluding carboxylic acids is 3. The van der Waals surface area contributed by atoms with Crippen molar-refractivity contribution in [2.45, 2.75) is 19.1 Å². The van der Waals surface area contributed by atoms with Gasteiger partial charge in [0, 0.05) is 6.54 Å². The molecule has 0 aliphatic heterocycles. The fourth-order valence-electron chi connectivity index (χ4n) is 3.76. The van der Waals surface area contributed by atoms with Crippen LogP contribution in [0.2, 0.25) is 0 Å². The summed E-state index contributed by atoms with van der Waals surface area (Å²) in [6.45, 7) is 0.0188. The summed E-state index contributed by atoms with van der Waals surface area (Å²) in [6.07, 6.45) is 1.43. The molecule has 12 heteroatoms. The lowest BCUT2D eigenvalue weighted by atomic mass is 10.0. The van der Waals surface area contributed by atoms with Crippen molar-refractivity contribution in [1.29, 1.82) is 0 Å². The van der Waals surface area contributed by atoms with Gasteiger partial charge in [0.1, 0.15) is 28.2 Å². The van der Waals surface area contributed by atoms with E-state index in [0.717, 1.165) is 5.56 Å². The van der Waals surface area contributed by atoms with Gasteiger partial charge in [0.05, 0.1) is 25.6 Å². The third kappa shape index (κ3) is 5.81. The fraction of sp³-hybridized carbons (Fsp3) is 0.154. The van der Waals surface area contributed by atoms with Crippen molar-refractivity contribution in [3.63, 3.8) is 0 Å². The van der Waals surface area contributed by atoms with Gasteiger partial charge in [0.2, 0.25) is 5.91 Å². The van der Waals surface area contributed by atoms with Crippen molar-refractivity contribution < 1.29 is 27.9 Å². The number of hydrogen-bond donors (Lipinski definition) is 3. The zero-order chi connectivity index (χ0) is 27.2. The van der Waals surface area contributed by atoms with Crippen LogP contribution in [-0.4, -0.2) is 34.1 Å². The highest BCUT2D eigenvalue weighted by Gasteiger charge is 2.35. The molecule has 2 heterocycles. The molecule has 4 aromatic rings. The molecule has 196 valence electrons. The Morgan fingerprint density at radius 1 is 1.13 bits per heavy atom. The van der Waals surface area contributed by atoms with E-state index in [1.54, 1.807) is 43.5 Å². The molecule has 3 amide bonds. The Balaban J connectivity index is 1.72. The van der Waals surface area contributed by atoms with Crippen molar-refractivity contribution >= 4 is 34.9 Å². The predicted octanol–water partition coefficient (Wildman–Crippen LogP) is 3.27. The van der Waals surface area contributed by atoms with E-state index in [4.69, 9.17) is 20.6 Å². The van der Waals surface area contributed by atoms with Crippen molar-refractivity contribution in [3.8, 4) is 5.75 Å². The highest BCUT2D eigenvalue weighted by atomic mass is 32.1. The molecule has 4 rings (SSSR count). The van der Waals surface area contributed by atoms with Crippen LogP contribution in [0.1, 0.15) is 43.1 Å². The van der Waals surface area contributed by atoms with Crippen molar-refractivity contribution in [3.05, 3.63) is 100 Å². The van der Waals surface area contributed by atoms with Gasteiger partial charge in [-0.2, -0.15) is 4.37 Å². The van der Waals surface area contributed by atoms with Gasteiger partial charge in [-0.25, -0.2) is 4.39 Å². The summed E-state index contributed by atoms with van der Waals surface area (Å²) in [6, 6.07) is 14.4. The molecule has 0 saturated heterocycles. The monoisotopic (exact) mass is 537 g/mol. The second-order valence-electron chi connectivity index (χ2n) is 8.17. The van der Waals surface area contributed by atoms with E-state index >= 15 is 0 Å². The molecule has 0 fully saturated rings. The van der Waals surface area contributed by atoms with Gasteiger partial charge in [0.25, 0.3) is 11.8 Å². The molecule has 2 aromatic carbocycles. The molecule has 10 nitrogen and oxygen atoms in total. The first kappa shape index (κ1) is 26.4. The van der Waals surface area contributed by atoms with E-state index in [9.17, 15) is 18.8 Å². The molecule has 0 unspecified atom stereocenters. The molecule has 2 aromatic heterocycles. The molecule has 1 atom stereocenters. The first-order valence-electron chi connectivity index (χ1n) is 11.3. The normalized spacial score (nSPS) is 11.5. The second-order valence-corrected chi connectivity index (χ2v) is 8.94. The van der Waals surface area contributed by atoms with E-state index < -0.39 is 29.6 Å². The molecule has 0 spiro atoms. The summed E-state index contributed by atoms with van der Waals surface area (Å²) in [5.41, 5.74) is 12.1. The Bertz CT molecular complexity index is 1420. The maximum absolute atomic E-state index is 13.8. The number of amides is 3. The van der Waals surface area contributed by atoms with Gasteiger partial charge >= 0.3 is 0 Å². The van der Waals surface area contributed by atoms with Crippen molar-refractivity contribution in [2.24, 2.45) is 5.73 Å². The van der Waals surface area contributed by atoms with Crippen molar-refractivity contribution in [2.75, 3.05) is 12.8 Å². The second kappa shape index (κ2) is 11.6. The van der Waals surface area contributed by atoms with Crippen LogP contribution in [0.25, 0.3) is 0 Å². The fourth-order valence-corrected chi connectivity index (χ4v) is 4.52. The summed E-state index contributed by atoms with van der Waals surface area (Å²) in [4.78, 5) is 40.3. The predicted molar refractivity (Wildman–Crippen MR) is 138 cm³/mol. The van der Waals surface area contributed by atoms with Crippen LogP contribution in [0.5, 0.6) is 5.75 Å². The van der Waals surface area contributed by atoms with Crippen LogP contribution in [0.4, 0.5) is 10.1 Å². The largest absolute Gasteiger partial charge is 0.497 e. The number of carbonyl (C=O) groups is 3. The first-order valence-corrected chi connectivity index (χ1v) is 12.1. The van der Waals surface area contributed by atoms with Gasteiger partial charge < -0.3 is 30.8 Å². The van der Waals surface area contributed by atoms with E-state index in [2.05, 4.69) is 9.69 Å². The standard InChI is InChI=1S/C26H24FN5O5S/c1-36-18-10-4-15(5-11-18)13-30-25(34)22(16-6-8-17(27)9-7-16)32(14-19-3-2-12-37-19)26(35)23-20(28)21(24(29)33)31-38-23/h2-12,22H,13-14,28H2,1H3,(H2,29,33)(H,30,34)/t22-/m1/s1. The highest BCUT2D eigenvalue weighted by molar-refractivity contribution is 7.09. The summed E-state index contributed by atoms with van der Waals surface area (Å²) < 4.78 is 28.3. The Kier molecular flexibility index (Phi) is 8.02. The van der Waals surface area contributed by atoms with Gasteiger partial charge in [-0.3, -0.25) is 14.4 Å². The first-order chi connectivity index (χ1) is 18.3. The number of hydrogen-bond acceptors (Lipinski definition) is 8. The zero-order valence-corrected chi connectivity index (χ0v) is 21.0. The molecular formula is C26H24FN5O5S. The van der Waals surface area contributed by atoms with Crippen LogP contribution in [0.3, 0.4) is 0 Å². The van der Waals surface area contributed by atoms with E-state index in [1.165, 1.54) is 35.4 Å². The zero-order valence-electron chi connectivity index (χ0n) is 20.2. The third-order valence-electron chi connectivity index (χ3n) is 5.69. The number of ether oxygens (including phenoxy) is 1. The minimum absolute atomic E-state index is 0.0691. The topological polar surface area (TPSA) is 154 Å². The molecule has 38 heavy (non-hydrogen) atoms. The number of nitrogens with two attached hydrogens (primary N) is 2. The molecule has 0 aliphatic rings. The van der Waals surface area contributed by atoms with E-state index in [0.29, 0.717) is 28.6 Å². The number of benzene rings is 2. The van der Waals surface area contributed by atoms with Crippen molar-refractivity contribution in [1.82, 2.24) is 14.6 Å². The van der Waals surface area contributed by atoms with Gasteiger partial charge in [-0.1, -0.05) is 24.3 Å². The average molecular weight is 538 g/mol. The number of anilines is 1. The van der Waals surface area contributed by atoms with E-state index in [1.807, 2.05) is 0 Å². The number of nitrogens with one attached hydrogen (secondary N) is 1. The summed E-state index contributed by atoms with van der Waals surface area (Å²) >= 11 is 0.693. The van der Waals surface area contributed by atoms with Gasteiger partial charge in [0.15, 0.2) is 5.69 Å². The Morgan fingerprint density at radius 2 is 1.84 bits per heavy atom. The lowest BCUT2D eigenvalue weighted by molar-refractivity contribution is -0.126. The van der Waals surface area contributed by atoms with Crippen LogP contribution in [0, 0.1) is 5.82 Å². The van der Waals surface area contributed by atoms with Gasteiger partial charge in [-0.05, 0) is 59.1 Å². The minimum atomic E-state index is -1.22. The van der Waals surface area contributed by atoms with Crippen LogP contribution in [-0.2, 0) is 17.9 Å². The number of furan rings is 1. The third-order valence-corrected chi connectivity index (χ3v) is 6.55. The number of nitrogen functional groups attached to an aromatic ring is 1. The molecule has 0 radical (unpaired) electrons. The molecule has 5 N–H and O–H groups in total. The minimum Gasteiger partial charge on any atom is -0.497 e. The smallest absolute Gasteiger partial charge is 0.270 e. The highest BCUT2D eigenvalue weighted by Crippen LogP contribution is 2.30. The Hall–Kier alpha value is -4.71. The number of methoxy groups -OCH3 is 1. The Morgan fingerprint density at radius 3 is 2.42 bits per heavy atom. The summed E-state index contributed by atoms with van der Waals surface area (Å²) in [7, 11) is 1.55. The lowest BCUT2D eigenvalue weighted by Gasteiger charge is -2.30. The van der Waals surface area contributed by atoms with Crippen LogP contribution >= 0.6 is 11.5 Å². The molecular weight excluding hydrogens is 513 g/mol. The molecule has 0 saturated carbocycles. The van der Waals surface area contributed by atoms with E-state index in [-0.39, 0.29) is 29.3 Å². The molecule has 0 aliphatic carbocycles. The SMILES string of the molecule is COc1ccc(CNC(=O)[C@@H](c2ccc(F)cc2)N(Cc2ccco2)C(=O)c2snc(C(N)=O)c2N)cc1. The Labute approximate surface area is 221 Å². The maximum atomic E-state index is 13.8.